The summed E-state index contributed by atoms with van der Waals surface area (Å²) in [5.74, 6) is -0.629. The summed E-state index contributed by atoms with van der Waals surface area (Å²) >= 11 is 12.1. The van der Waals surface area contributed by atoms with Gasteiger partial charge in [0.2, 0.25) is 0 Å². The smallest absolute Gasteiger partial charge is 0.250 e. The van der Waals surface area contributed by atoms with Gasteiger partial charge in [-0.2, -0.15) is 0 Å². The second-order valence-corrected chi connectivity index (χ2v) is 5.58. The lowest BCUT2D eigenvalue weighted by Gasteiger charge is -2.12. The molecular weight excluding hydrogens is 321 g/mol. The number of rotatable bonds is 2. The number of carbonyl (C=O) groups excluding carboxylic acids is 1. The first-order valence-electron chi connectivity index (χ1n) is 6.49. The van der Waals surface area contributed by atoms with Gasteiger partial charge in [0.05, 0.1) is 21.8 Å². The van der Waals surface area contributed by atoms with E-state index in [0.29, 0.717) is 11.3 Å². The number of benzene rings is 1. The Balaban J connectivity index is 2.28. The minimum atomic E-state index is -0.629. The van der Waals surface area contributed by atoms with Gasteiger partial charge in [0, 0.05) is 17.1 Å². The number of aromatic nitrogens is 2. The van der Waals surface area contributed by atoms with Crippen LogP contribution in [0.1, 0.15) is 15.9 Å². The van der Waals surface area contributed by atoms with Crippen molar-refractivity contribution in [1.82, 2.24) is 9.97 Å². The van der Waals surface area contributed by atoms with E-state index in [1.54, 1.807) is 13.1 Å². The van der Waals surface area contributed by atoms with Crippen molar-refractivity contribution in [3.05, 3.63) is 57.8 Å². The molecule has 110 valence electrons. The van der Waals surface area contributed by atoms with Crippen LogP contribution < -0.4 is 5.73 Å². The molecule has 1 aromatic carbocycles. The molecule has 6 heteroatoms. The molecule has 22 heavy (non-hydrogen) atoms. The van der Waals surface area contributed by atoms with Gasteiger partial charge in [-0.1, -0.05) is 35.3 Å². The van der Waals surface area contributed by atoms with Crippen LogP contribution in [0.3, 0.4) is 0 Å². The first-order chi connectivity index (χ1) is 10.5. The molecule has 0 atom stereocenters. The molecule has 0 unspecified atom stereocenters. The highest BCUT2D eigenvalue weighted by molar-refractivity contribution is 6.43. The molecule has 0 saturated heterocycles. The molecule has 0 aliphatic carbocycles. The van der Waals surface area contributed by atoms with E-state index in [-0.39, 0.29) is 15.7 Å². The van der Waals surface area contributed by atoms with Crippen molar-refractivity contribution in [3.63, 3.8) is 0 Å². The van der Waals surface area contributed by atoms with Crippen LogP contribution in [-0.4, -0.2) is 15.9 Å². The van der Waals surface area contributed by atoms with Crippen LogP contribution in [0, 0.1) is 6.92 Å². The zero-order valence-electron chi connectivity index (χ0n) is 11.6. The van der Waals surface area contributed by atoms with Gasteiger partial charge in [-0.25, -0.2) is 4.98 Å². The maximum absolute atomic E-state index is 11.6. The van der Waals surface area contributed by atoms with E-state index in [1.807, 2.05) is 30.3 Å². The number of carbonyl (C=O) groups is 1. The second-order valence-electron chi connectivity index (χ2n) is 4.84. The fourth-order valence-electron chi connectivity index (χ4n) is 2.41. The number of primary amides is 1. The monoisotopic (exact) mass is 331 g/mol. The number of pyridine rings is 2. The van der Waals surface area contributed by atoms with Crippen LogP contribution in [0.5, 0.6) is 0 Å². The summed E-state index contributed by atoms with van der Waals surface area (Å²) in [7, 11) is 0. The number of nitrogens with two attached hydrogens (primary N) is 1. The summed E-state index contributed by atoms with van der Waals surface area (Å²) in [6.45, 7) is 1.75. The fraction of sp³-hybridized carbons (Fsp3) is 0.0625. The molecule has 2 aromatic heterocycles. The predicted molar refractivity (Wildman–Crippen MR) is 88.2 cm³/mol. The van der Waals surface area contributed by atoms with Gasteiger partial charge in [0.1, 0.15) is 5.15 Å². The Morgan fingerprint density at radius 1 is 1.23 bits per heavy atom. The zero-order valence-corrected chi connectivity index (χ0v) is 13.1. The molecule has 2 heterocycles. The summed E-state index contributed by atoms with van der Waals surface area (Å²) in [6, 6.07) is 9.51. The lowest BCUT2D eigenvalue weighted by molar-refractivity contribution is 0.1000. The zero-order chi connectivity index (χ0) is 15.9. The van der Waals surface area contributed by atoms with Crippen molar-refractivity contribution in [2.45, 2.75) is 6.92 Å². The van der Waals surface area contributed by atoms with Gasteiger partial charge >= 0.3 is 0 Å². The molecule has 4 nitrogen and oxygen atoms in total. The Labute approximate surface area is 136 Å². The summed E-state index contributed by atoms with van der Waals surface area (Å²) in [6.07, 6.45) is 1.73. The quantitative estimate of drug-likeness (QED) is 0.721. The van der Waals surface area contributed by atoms with Gasteiger partial charge in [-0.15, -0.1) is 0 Å². The van der Waals surface area contributed by atoms with Crippen LogP contribution in [0.25, 0.3) is 22.2 Å². The molecule has 0 fully saturated rings. The van der Waals surface area contributed by atoms with Gasteiger partial charge in [0.15, 0.2) is 0 Å². The number of nitrogens with zero attached hydrogens (tertiary/aromatic N) is 2. The molecule has 0 spiro atoms. The Hall–Kier alpha value is -2.17. The van der Waals surface area contributed by atoms with Crippen molar-refractivity contribution < 1.29 is 4.79 Å². The number of fused-ring (bicyclic) bond motifs is 1. The van der Waals surface area contributed by atoms with Gasteiger partial charge in [-0.3, -0.25) is 9.78 Å². The summed E-state index contributed by atoms with van der Waals surface area (Å²) in [5.41, 5.74) is 8.47. The van der Waals surface area contributed by atoms with Gasteiger partial charge in [0.25, 0.3) is 5.91 Å². The van der Waals surface area contributed by atoms with Crippen molar-refractivity contribution in [2.75, 3.05) is 0 Å². The minimum Gasteiger partial charge on any atom is -0.366 e. The van der Waals surface area contributed by atoms with E-state index < -0.39 is 5.91 Å². The van der Waals surface area contributed by atoms with Crippen molar-refractivity contribution in [2.24, 2.45) is 5.73 Å². The van der Waals surface area contributed by atoms with Crippen LogP contribution in [0.4, 0.5) is 0 Å². The summed E-state index contributed by atoms with van der Waals surface area (Å²) in [4.78, 5) is 20.2. The molecular formula is C16H11Cl2N3O. The second kappa shape index (κ2) is 5.55. The van der Waals surface area contributed by atoms with Crippen molar-refractivity contribution in [3.8, 4) is 11.3 Å². The highest BCUT2D eigenvalue weighted by Gasteiger charge is 2.19. The van der Waals surface area contributed by atoms with E-state index in [4.69, 9.17) is 28.9 Å². The fourth-order valence-corrected chi connectivity index (χ4v) is 2.87. The van der Waals surface area contributed by atoms with Crippen molar-refractivity contribution in [1.29, 1.82) is 0 Å². The van der Waals surface area contributed by atoms with Crippen LogP contribution >= 0.6 is 23.2 Å². The molecule has 0 saturated carbocycles. The Morgan fingerprint density at radius 3 is 2.73 bits per heavy atom. The molecule has 2 N–H and O–H groups in total. The Kier molecular flexibility index (Phi) is 3.72. The normalized spacial score (nSPS) is 10.9. The molecule has 0 radical (unpaired) electrons. The standard InChI is InChI=1S/C16H11Cl2N3O/c1-8-12(16(19)22)13(17)15(18)21-14(8)10-4-5-11-9(7-10)3-2-6-20-11/h2-7H,1H3,(H2,19,22). The third-order valence-corrected chi connectivity index (χ3v) is 4.20. The van der Waals surface area contributed by atoms with E-state index in [9.17, 15) is 4.79 Å². The molecule has 0 bridgehead atoms. The maximum atomic E-state index is 11.6. The average Bonchev–Trinajstić information content (AvgIpc) is 2.50. The van der Waals surface area contributed by atoms with Crippen molar-refractivity contribution >= 4 is 40.0 Å². The first kappa shape index (κ1) is 14.8. The highest BCUT2D eigenvalue weighted by Crippen LogP contribution is 2.33. The molecule has 3 rings (SSSR count). The number of amides is 1. The number of hydrogen-bond donors (Lipinski definition) is 1. The summed E-state index contributed by atoms with van der Waals surface area (Å²) < 4.78 is 0. The third kappa shape index (κ3) is 2.40. The van der Waals surface area contributed by atoms with Gasteiger partial charge < -0.3 is 5.73 Å². The number of hydrogen-bond acceptors (Lipinski definition) is 3. The molecule has 1 amide bonds. The maximum Gasteiger partial charge on any atom is 0.250 e. The van der Waals surface area contributed by atoms with Gasteiger partial charge in [-0.05, 0) is 30.7 Å². The number of halogens is 2. The minimum absolute atomic E-state index is 0.0577. The van der Waals surface area contributed by atoms with E-state index in [0.717, 1.165) is 16.5 Å². The first-order valence-corrected chi connectivity index (χ1v) is 7.25. The molecule has 3 aromatic rings. The third-order valence-electron chi connectivity index (χ3n) is 3.46. The Bertz CT molecular complexity index is 909. The Morgan fingerprint density at radius 2 is 2.00 bits per heavy atom. The summed E-state index contributed by atoms with van der Waals surface area (Å²) in [5, 5.41) is 1.10. The molecule has 0 aliphatic heterocycles. The highest BCUT2D eigenvalue weighted by atomic mass is 35.5. The largest absolute Gasteiger partial charge is 0.366 e. The van der Waals surface area contributed by atoms with E-state index >= 15 is 0 Å². The van der Waals surface area contributed by atoms with Crippen LogP contribution in [0.2, 0.25) is 10.2 Å². The predicted octanol–water partition coefficient (Wildman–Crippen LogP) is 4.01. The topological polar surface area (TPSA) is 68.9 Å². The lowest BCUT2D eigenvalue weighted by atomic mass is 10.0. The van der Waals surface area contributed by atoms with E-state index in [1.165, 1.54) is 0 Å². The average molecular weight is 332 g/mol. The molecule has 0 aliphatic rings. The van der Waals surface area contributed by atoms with E-state index in [2.05, 4.69) is 9.97 Å². The van der Waals surface area contributed by atoms with Crippen LogP contribution in [-0.2, 0) is 0 Å². The van der Waals surface area contributed by atoms with Crippen LogP contribution in [0.15, 0.2) is 36.5 Å². The SMILES string of the molecule is Cc1c(-c2ccc3ncccc3c2)nc(Cl)c(Cl)c1C(N)=O. The lowest BCUT2D eigenvalue weighted by Crippen LogP contribution is -2.15.